The van der Waals surface area contributed by atoms with Gasteiger partial charge in [0.2, 0.25) is 5.91 Å². The summed E-state index contributed by atoms with van der Waals surface area (Å²) in [5.41, 5.74) is 2.83. The first kappa shape index (κ1) is 25.4. The van der Waals surface area contributed by atoms with Crippen molar-refractivity contribution in [1.82, 2.24) is 4.90 Å². The van der Waals surface area contributed by atoms with E-state index in [4.69, 9.17) is 4.74 Å². The Bertz CT molecular complexity index is 1480. The van der Waals surface area contributed by atoms with E-state index in [1.54, 1.807) is 14.0 Å². The molecule has 1 aliphatic rings. The monoisotopic (exact) mass is 503 g/mol. The van der Waals surface area contributed by atoms with Crippen molar-refractivity contribution >= 4 is 22.4 Å². The van der Waals surface area contributed by atoms with Crippen LogP contribution in [0.4, 0.5) is 5.69 Å². The number of carbonyl (C=O) groups excluding carboxylic acids is 1. The van der Waals surface area contributed by atoms with Crippen molar-refractivity contribution in [2.45, 2.75) is 19.8 Å². The molecule has 0 spiro atoms. The highest BCUT2D eigenvalue weighted by Crippen LogP contribution is 2.47. The minimum Gasteiger partial charge on any atom is -0.496 e. The first-order chi connectivity index (χ1) is 18.5. The van der Waals surface area contributed by atoms with Crippen LogP contribution < -0.4 is 9.64 Å². The Kier molecular flexibility index (Phi) is 7.07. The van der Waals surface area contributed by atoms with Gasteiger partial charge in [-0.15, -0.1) is 0 Å². The van der Waals surface area contributed by atoms with E-state index < -0.39 is 11.3 Å². The van der Waals surface area contributed by atoms with E-state index in [1.807, 2.05) is 53.4 Å². The van der Waals surface area contributed by atoms with Gasteiger partial charge in [-0.1, -0.05) is 78.4 Å². The average molecular weight is 504 g/mol. The number of para-hydroxylation sites is 1. The fraction of sp³-hybridized carbons (Fsp3) is 0.273. The van der Waals surface area contributed by atoms with Crippen LogP contribution in [-0.4, -0.2) is 44.1 Å². The van der Waals surface area contributed by atoms with Crippen LogP contribution in [-0.2, 0) is 4.79 Å². The number of carbonyl (C=O) groups is 1. The standard InChI is InChI=1S/C33H33N3O2/c1-24-15-17-26(18-16-24)35-19-21-36(22-20-35)32(37)33(2,23-34)31(29-12-6-7-14-30(29)38-3)28-13-8-10-25-9-4-5-11-27(25)28/h4-18,31H,19-22H2,1-3H3. The van der Waals surface area contributed by atoms with Crippen molar-refractivity contribution < 1.29 is 9.53 Å². The number of nitrogens with zero attached hydrogens (tertiary/aromatic N) is 3. The second-order valence-electron chi connectivity index (χ2n) is 10.2. The summed E-state index contributed by atoms with van der Waals surface area (Å²) in [6.45, 7) is 6.46. The van der Waals surface area contributed by atoms with Crippen LogP contribution in [0.15, 0.2) is 91.0 Å². The van der Waals surface area contributed by atoms with E-state index in [0.29, 0.717) is 18.8 Å². The number of piperazine rings is 1. The van der Waals surface area contributed by atoms with Crippen LogP contribution in [0, 0.1) is 23.7 Å². The Morgan fingerprint density at radius 1 is 0.868 bits per heavy atom. The number of rotatable bonds is 6. The summed E-state index contributed by atoms with van der Waals surface area (Å²) in [4.78, 5) is 18.5. The molecule has 2 unspecified atom stereocenters. The molecule has 4 aromatic carbocycles. The SMILES string of the molecule is COc1ccccc1C(c1cccc2ccccc12)C(C)(C#N)C(=O)N1CCN(c2ccc(C)cc2)CC1. The zero-order chi connectivity index (χ0) is 26.7. The predicted molar refractivity (Wildman–Crippen MR) is 152 cm³/mol. The van der Waals surface area contributed by atoms with Gasteiger partial charge in [-0.05, 0) is 48.4 Å². The number of aryl methyl sites for hydroxylation is 1. The summed E-state index contributed by atoms with van der Waals surface area (Å²) in [6, 6.07) is 32.9. The second kappa shape index (κ2) is 10.6. The van der Waals surface area contributed by atoms with E-state index in [-0.39, 0.29) is 5.91 Å². The van der Waals surface area contributed by atoms with Gasteiger partial charge in [0.25, 0.3) is 0 Å². The molecule has 2 atom stereocenters. The lowest BCUT2D eigenvalue weighted by molar-refractivity contribution is -0.139. The highest BCUT2D eigenvalue weighted by molar-refractivity contribution is 5.91. The maximum Gasteiger partial charge on any atom is 0.243 e. The molecule has 1 saturated heterocycles. The number of ether oxygens (including phenoxy) is 1. The van der Waals surface area contributed by atoms with E-state index >= 15 is 0 Å². The molecule has 5 heteroatoms. The minimum atomic E-state index is -1.34. The van der Waals surface area contributed by atoms with Gasteiger partial charge in [-0.25, -0.2) is 0 Å². The molecule has 38 heavy (non-hydrogen) atoms. The van der Waals surface area contributed by atoms with Crippen molar-refractivity contribution in [3.8, 4) is 11.8 Å². The van der Waals surface area contributed by atoms with Gasteiger partial charge >= 0.3 is 0 Å². The molecular formula is C33H33N3O2. The van der Waals surface area contributed by atoms with Crippen LogP contribution in [0.3, 0.4) is 0 Å². The van der Waals surface area contributed by atoms with Crippen molar-refractivity contribution in [3.63, 3.8) is 0 Å². The van der Waals surface area contributed by atoms with Crippen molar-refractivity contribution in [2.75, 3.05) is 38.2 Å². The zero-order valence-electron chi connectivity index (χ0n) is 22.2. The molecule has 0 N–H and O–H groups in total. The Morgan fingerprint density at radius 3 is 2.21 bits per heavy atom. The minimum absolute atomic E-state index is 0.146. The van der Waals surface area contributed by atoms with Gasteiger partial charge in [0.05, 0.1) is 13.2 Å². The third-order valence-corrected chi connectivity index (χ3v) is 7.80. The number of nitriles is 1. The van der Waals surface area contributed by atoms with Crippen LogP contribution in [0.25, 0.3) is 10.8 Å². The molecule has 1 fully saturated rings. The van der Waals surface area contributed by atoms with Crippen LogP contribution in [0.5, 0.6) is 5.75 Å². The Hall–Kier alpha value is -4.30. The number of fused-ring (bicyclic) bond motifs is 1. The maximum absolute atomic E-state index is 14.3. The molecule has 4 aromatic rings. The fourth-order valence-corrected chi connectivity index (χ4v) is 5.68. The normalized spacial score (nSPS) is 15.9. The largest absolute Gasteiger partial charge is 0.496 e. The molecule has 0 aliphatic carbocycles. The number of amides is 1. The molecule has 0 bridgehead atoms. The third-order valence-electron chi connectivity index (χ3n) is 7.80. The lowest BCUT2D eigenvalue weighted by Crippen LogP contribution is -2.53. The molecule has 1 aliphatic heterocycles. The summed E-state index contributed by atoms with van der Waals surface area (Å²) < 4.78 is 5.76. The number of benzene rings is 4. The van der Waals surface area contributed by atoms with Gasteiger partial charge in [0.15, 0.2) is 0 Å². The summed E-state index contributed by atoms with van der Waals surface area (Å²) in [5.74, 6) is 0.00803. The van der Waals surface area contributed by atoms with E-state index in [1.165, 1.54) is 5.56 Å². The third kappa shape index (κ3) is 4.59. The molecule has 0 aromatic heterocycles. The fourth-order valence-electron chi connectivity index (χ4n) is 5.68. The second-order valence-corrected chi connectivity index (χ2v) is 10.2. The zero-order valence-corrected chi connectivity index (χ0v) is 22.2. The number of methoxy groups -OCH3 is 1. The summed E-state index contributed by atoms with van der Waals surface area (Å²) in [5, 5.41) is 12.8. The highest BCUT2D eigenvalue weighted by atomic mass is 16.5. The number of hydrogen-bond acceptors (Lipinski definition) is 4. The van der Waals surface area contributed by atoms with Crippen molar-refractivity contribution in [2.24, 2.45) is 5.41 Å². The predicted octanol–water partition coefficient (Wildman–Crippen LogP) is 6.17. The molecular weight excluding hydrogens is 470 g/mol. The molecule has 0 saturated carbocycles. The number of anilines is 1. The summed E-state index contributed by atoms with van der Waals surface area (Å²) >= 11 is 0. The average Bonchev–Trinajstić information content (AvgIpc) is 2.97. The van der Waals surface area contributed by atoms with Gasteiger partial charge in [0.1, 0.15) is 11.2 Å². The molecule has 192 valence electrons. The first-order valence-electron chi connectivity index (χ1n) is 13.1. The lowest BCUT2D eigenvalue weighted by atomic mass is 9.68. The van der Waals surface area contributed by atoms with Crippen LogP contribution in [0.2, 0.25) is 0 Å². The van der Waals surface area contributed by atoms with Gasteiger partial charge in [-0.2, -0.15) is 5.26 Å². The molecule has 5 nitrogen and oxygen atoms in total. The first-order valence-corrected chi connectivity index (χ1v) is 13.1. The van der Waals surface area contributed by atoms with Gasteiger partial charge < -0.3 is 14.5 Å². The van der Waals surface area contributed by atoms with Crippen LogP contribution >= 0.6 is 0 Å². The number of hydrogen-bond donors (Lipinski definition) is 0. The van der Waals surface area contributed by atoms with Crippen molar-refractivity contribution in [1.29, 1.82) is 5.26 Å². The molecule has 1 amide bonds. The molecule has 1 heterocycles. The molecule has 0 radical (unpaired) electrons. The highest BCUT2D eigenvalue weighted by Gasteiger charge is 2.47. The topological polar surface area (TPSA) is 56.6 Å². The maximum atomic E-state index is 14.3. The van der Waals surface area contributed by atoms with E-state index in [0.717, 1.165) is 40.7 Å². The quantitative estimate of drug-likeness (QED) is 0.316. The summed E-state index contributed by atoms with van der Waals surface area (Å²) in [7, 11) is 1.63. The van der Waals surface area contributed by atoms with E-state index in [2.05, 4.69) is 60.4 Å². The lowest BCUT2D eigenvalue weighted by Gasteiger charge is -2.41. The van der Waals surface area contributed by atoms with Crippen molar-refractivity contribution in [3.05, 3.63) is 108 Å². The Balaban J connectivity index is 1.54. The molecule has 5 rings (SSSR count). The van der Waals surface area contributed by atoms with E-state index in [9.17, 15) is 10.1 Å². The van der Waals surface area contributed by atoms with Gasteiger partial charge in [0, 0.05) is 43.3 Å². The Morgan fingerprint density at radius 2 is 1.50 bits per heavy atom. The summed E-state index contributed by atoms with van der Waals surface area (Å²) in [6.07, 6.45) is 0. The van der Waals surface area contributed by atoms with Gasteiger partial charge in [-0.3, -0.25) is 4.79 Å². The Labute approximate surface area is 224 Å². The van der Waals surface area contributed by atoms with Crippen LogP contribution in [0.1, 0.15) is 29.5 Å². The smallest absolute Gasteiger partial charge is 0.243 e.